The van der Waals surface area contributed by atoms with Gasteiger partial charge in [0.25, 0.3) is 0 Å². The number of nitrogens with zero attached hydrogens (tertiary/aromatic N) is 2. The van der Waals surface area contributed by atoms with Crippen LogP contribution in [0.1, 0.15) is 10.5 Å². The van der Waals surface area contributed by atoms with E-state index in [4.69, 9.17) is 5.11 Å². The van der Waals surface area contributed by atoms with Crippen molar-refractivity contribution in [3.05, 3.63) is 48.2 Å². The molecular formula is C13H9N3O2. The lowest BCUT2D eigenvalue weighted by molar-refractivity contribution is 0.0690. The number of rotatable bonds is 2. The van der Waals surface area contributed by atoms with E-state index in [1.807, 2.05) is 36.4 Å². The molecule has 0 aliphatic heterocycles. The lowest BCUT2D eigenvalue weighted by Crippen LogP contribution is -1.95. The van der Waals surface area contributed by atoms with Crippen molar-refractivity contribution in [2.75, 3.05) is 0 Å². The molecule has 0 bridgehead atoms. The Morgan fingerprint density at radius 3 is 2.72 bits per heavy atom. The van der Waals surface area contributed by atoms with Gasteiger partial charge in [-0.25, -0.2) is 9.78 Å². The third-order valence-electron chi connectivity index (χ3n) is 2.67. The first-order valence-corrected chi connectivity index (χ1v) is 5.39. The molecule has 0 saturated carbocycles. The molecule has 0 aliphatic rings. The molecule has 3 rings (SSSR count). The predicted octanol–water partition coefficient (Wildman–Crippen LogP) is 2.32. The second-order valence-electron chi connectivity index (χ2n) is 3.86. The van der Waals surface area contributed by atoms with E-state index in [0.29, 0.717) is 11.4 Å². The summed E-state index contributed by atoms with van der Waals surface area (Å²) in [6, 6.07) is 13.0. The second-order valence-corrected chi connectivity index (χ2v) is 3.86. The number of fused-ring (bicyclic) bond motifs is 1. The highest BCUT2D eigenvalue weighted by Gasteiger charge is 2.10. The SMILES string of the molecule is O=C(O)c1cc(-c2ccc3ccccc3n2)n[nH]1. The molecule has 0 fully saturated rings. The van der Waals surface area contributed by atoms with Crippen molar-refractivity contribution in [1.29, 1.82) is 0 Å². The van der Waals surface area contributed by atoms with Gasteiger partial charge >= 0.3 is 5.97 Å². The summed E-state index contributed by atoms with van der Waals surface area (Å²) in [4.78, 5) is 15.2. The summed E-state index contributed by atoms with van der Waals surface area (Å²) in [6.45, 7) is 0. The Kier molecular flexibility index (Phi) is 2.30. The van der Waals surface area contributed by atoms with E-state index in [0.717, 1.165) is 10.9 Å². The molecule has 5 nitrogen and oxygen atoms in total. The number of carbonyl (C=O) groups is 1. The van der Waals surface area contributed by atoms with Gasteiger partial charge in [0.15, 0.2) is 0 Å². The Labute approximate surface area is 102 Å². The number of aromatic amines is 1. The summed E-state index contributed by atoms with van der Waals surface area (Å²) in [6.07, 6.45) is 0. The molecule has 2 heterocycles. The van der Waals surface area contributed by atoms with E-state index in [2.05, 4.69) is 15.2 Å². The molecule has 0 atom stereocenters. The average Bonchev–Trinajstić information content (AvgIpc) is 2.88. The number of benzene rings is 1. The number of carboxylic acid groups (broad SMARTS) is 1. The first-order chi connectivity index (χ1) is 8.74. The van der Waals surface area contributed by atoms with Crippen LogP contribution < -0.4 is 0 Å². The number of aromatic carboxylic acids is 1. The summed E-state index contributed by atoms with van der Waals surface area (Å²) >= 11 is 0. The Morgan fingerprint density at radius 1 is 1.11 bits per heavy atom. The van der Waals surface area contributed by atoms with Crippen LogP contribution in [0.5, 0.6) is 0 Å². The van der Waals surface area contributed by atoms with Crippen molar-refractivity contribution >= 4 is 16.9 Å². The first-order valence-electron chi connectivity index (χ1n) is 5.39. The van der Waals surface area contributed by atoms with E-state index in [1.54, 1.807) is 0 Å². The molecule has 0 unspecified atom stereocenters. The summed E-state index contributed by atoms with van der Waals surface area (Å²) in [7, 11) is 0. The number of aromatic nitrogens is 3. The third kappa shape index (κ3) is 1.71. The summed E-state index contributed by atoms with van der Waals surface area (Å²) in [5.41, 5.74) is 2.09. The van der Waals surface area contributed by atoms with Crippen LogP contribution in [-0.4, -0.2) is 26.3 Å². The zero-order valence-corrected chi connectivity index (χ0v) is 9.29. The molecule has 0 saturated heterocycles. The van der Waals surface area contributed by atoms with Crippen LogP contribution in [0.25, 0.3) is 22.3 Å². The topological polar surface area (TPSA) is 78.9 Å². The van der Waals surface area contributed by atoms with Gasteiger partial charge in [-0.2, -0.15) is 5.10 Å². The fourth-order valence-electron chi connectivity index (χ4n) is 1.77. The summed E-state index contributed by atoms with van der Waals surface area (Å²) < 4.78 is 0. The Morgan fingerprint density at radius 2 is 1.94 bits per heavy atom. The van der Waals surface area contributed by atoms with Gasteiger partial charge in [0.1, 0.15) is 11.4 Å². The van der Waals surface area contributed by atoms with Gasteiger partial charge in [0.2, 0.25) is 0 Å². The first kappa shape index (κ1) is 10.5. The molecular weight excluding hydrogens is 230 g/mol. The van der Waals surface area contributed by atoms with Crippen LogP contribution >= 0.6 is 0 Å². The molecule has 0 radical (unpaired) electrons. The maximum atomic E-state index is 10.8. The lowest BCUT2D eigenvalue weighted by Gasteiger charge is -1.99. The fraction of sp³-hybridized carbons (Fsp3) is 0. The number of hydrogen-bond acceptors (Lipinski definition) is 3. The number of carboxylic acids is 1. The largest absolute Gasteiger partial charge is 0.477 e. The molecule has 0 spiro atoms. The summed E-state index contributed by atoms with van der Waals surface area (Å²) in [5, 5.41) is 16.3. The maximum Gasteiger partial charge on any atom is 0.353 e. The van der Waals surface area contributed by atoms with E-state index >= 15 is 0 Å². The van der Waals surface area contributed by atoms with Gasteiger partial charge in [-0.05, 0) is 12.1 Å². The fourth-order valence-corrected chi connectivity index (χ4v) is 1.77. The van der Waals surface area contributed by atoms with Crippen LogP contribution in [0.3, 0.4) is 0 Å². The predicted molar refractivity (Wildman–Crippen MR) is 66.3 cm³/mol. The van der Waals surface area contributed by atoms with Crippen LogP contribution in [0.2, 0.25) is 0 Å². The zero-order valence-electron chi connectivity index (χ0n) is 9.29. The van der Waals surface area contributed by atoms with Gasteiger partial charge < -0.3 is 5.11 Å². The van der Waals surface area contributed by atoms with Gasteiger partial charge in [-0.3, -0.25) is 5.10 Å². The monoisotopic (exact) mass is 239 g/mol. The second kappa shape index (κ2) is 3.96. The van der Waals surface area contributed by atoms with E-state index in [9.17, 15) is 4.79 Å². The molecule has 2 N–H and O–H groups in total. The molecule has 5 heteroatoms. The minimum atomic E-state index is -1.03. The molecule has 88 valence electrons. The van der Waals surface area contributed by atoms with Crippen LogP contribution in [0.4, 0.5) is 0 Å². The van der Waals surface area contributed by atoms with E-state index in [1.165, 1.54) is 6.07 Å². The van der Waals surface area contributed by atoms with Gasteiger partial charge in [0.05, 0.1) is 11.2 Å². The molecule has 3 aromatic rings. The Bertz CT molecular complexity index is 734. The minimum Gasteiger partial charge on any atom is -0.477 e. The Balaban J connectivity index is 2.10. The zero-order chi connectivity index (χ0) is 12.5. The maximum absolute atomic E-state index is 10.8. The standard InChI is InChI=1S/C13H9N3O2/c17-13(18)12-7-11(15-16-12)10-6-5-8-3-1-2-4-9(8)14-10/h1-7H,(H,15,16)(H,17,18). The van der Waals surface area contributed by atoms with Crippen molar-refractivity contribution in [2.45, 2.75) is 0 Å². The van der Waals surface area contributed by atoms with Crippen molar-refractivity contribution < 1.29 is 9.90 Å². The van der Waals surface area contributed by atoms with Gasteiger partial charge in [0, 0.05) is 11.5 Å². The number of nitrogens with one attached hydrogen (secondary N) is 1. The molecule has 18 heavy (non-hydrogen) atoms. The molecule has 1 aromatic carbocycles. The highest BCUT2D eigenvalue weighted by atomic mass is 16.4. The van der Waals surface area contributed by atoms with Crippen LogP contribution in [-0.2, 0) is 0 Å². The molecule has 2 aromatic heterocycles. The normalized spacial score (nSPS) is 10.7. The van der Waals surface area contributed by atoms with Gasteiger partial charge in [-0.15, -0.1) is 0 Å². The quantitative estimate of drug-likeness (QED) is 0.719. The van der Waals surface area contributed by atoms with Crippen molar-refractivity contribution in [1.82, 2.24) is 15.2 Å². The minimum absolute atomic E-state index is 0.0555. The highest BCUT2D eigenvalue weighted by molar-refractivity contribution is 5.87. The summed E-state index contributed by atoms with van der Waals surface area (Å²) in [5.74, 6) is -1.03. The smallest absolute Gasteiger partial charge is 0.353 e. The van der Waals surface area contributed by atoms with E-state index in [-0.39, 0.29) is 5.69 Å². The number of para-hydroxylation sites is 1. The van der Waals surface area contributed by atoms with Crippen LogP contribution in [0.15, 0.2) is 42.5 Å². The highest BCUT2D eigenvalue weighted by Crippen LogP contribution is 2.19. The van der Waals surface area contributed by atoms with Gasteiger partial charge in [-0.1, -0.05) is 24.3 Å². The van der Waals surface area contributed by atoms with Crippen molar-refractivity contribution in [3.8, 4) is 11.4 Å². The molecule has 0 aliphatic carbocycles. The number of H-pyrrole nitrogens is 1. The van der Waals surface area contributed by atoms with Crippen molar-refractivity contribution in [2.24, 2.45) is 0 Å². The van der Waals surface area contributed by atoms with Crippen LogP contribution in [0, 0.1) is 0 Å². The Hall–Kier alpha value is -2.69. The average molecular weight is 239 g/mol. The molecule has 0 amide bonds. The van der Waals surface area contributed by atoms with E-state index < -0.39 is 5.97 Å². The lowest BCUT2D eigenvalue weighted by atomic mass is 10.2. The third-order valence-corrected chi connectivity index (χ3v) is 2.67. The van der Waals surface area contributed by atoms with Crippen molar-refractivity contribution in [3.63, 3.8) is 0 Å². The number of pyridine rings is 1. The number of hydrogen-bond donors (Lipinski definition) is 2.